The smallest absolute Gasteiger partial charge is 0.305 e. The standard InChI is InChI=1S/C10H20O2.C2N2/c1-3-5-6-7-9-12-10(11)8-4-2;3-1-2-4/h3-9H2,1-2H3;. The Morgan fingerprint density at radius 2 is 1.69 bits per heavy atom. The Morgan fingerprint density at radius 3 is 2.12 bits per heavy atom. The molecule has 90 valence electrons. The van der Waals surface area contributed by atoms with Crippen molar-refractivity contribution in [1.82, 2.24) is 0 Å². The topological polar surface area (TPSA) is 73.9 Å². The summed E-state index contributed by atoms with van der Waals surface area (Å²) in [6, 6.07) is 2.47. The van der Waals surface area contributed by atoms with E-state index in [0.29, 0.717) is 13.0 Å². The van der Waals surface area contributed by atoms with Crippen LogP contribution in [0.4, 0.5) is 0 Å². The molecule has 0 saturated carbocycles. The molecule has 0 aromatic carbocycles. The molecule has 0 rings (SSSR count). The molecule has 0 aliphatic carbocycles. The quantitative estimate of drug-likeness (QED) is 0.492. The molecule has 0 heterocycles. The lowest BCUT2D eigenvalue weighted by molar-refractivity contribution is -0.143. The van der Waals surface area contributed by atoms with Crippen LogP contribution >= 0.6 is 0 Å². The van der Waals surface area contributed by atoms with Gasteiger partial charge in [0.15, 0.2) is 12.1 Å². The summed E-state index contributed by atoms with van der Waals surface area (Å²) in [7, 11) is 0. The van der Waals surface area contributed by atoms with Crippen molar-refractivity contribution in [3.8, 4) is 12.1 Å². The van der Waals surface area contributed by atoms with Gasteiger partial charge >= 0.3 is 5.97 Å². The second-order valence-corrected chi connectivity index (χ2v) is 3.25. The van der Waals surface area contributed by atoms with Gasteiger partial charge in [-0.05, 0) is 12.8 Å². The van der Waals surface area contributed by atoms with E-state index in [0.717, 1.165) is 12.8 Å². The van der Waals surface area contributed by atoms with Gasteiger partial charge in [0.1, 0.15) is 0 Å². The van der Waals surface area contributed by atoms with Gasteiger partial charge in [0.05, 0.1) is 6.61 Å². The van der Waals surface area contributed by atoms with Crippen LogP contribution in [0, 0.1) is 22.7 Å². The second kappa shape index (κ2) is 15.9. The first-order valence-electron chi connectivity index (χ1n) is 5.66. The highest BCUT2D eigenvalue weighted by Gasteiger charge is 1.98. The van der Waals surface area contributed by atoms with E-state index >= 15 is 0 Å². The molecule has 0 spiro atoms. The molecule has 16 heavy (non-hydrogen) atoms. The van der Waals surface area contributed by atoms with Crippen LogP contribution in [0.5, 0.6) is 0 Å². The maximum Gasteiger partial charge on any atom is 0.305 e. The van der Waals surface area contributed by atoms with Crippen molar-refractivity contribution in [2.45, 2.75) is 52.4 Å². The van der Waals surface area contributed by atoms with Crippen LogP contribution in [0.2, 0.25) is 0 Å². The molecule has 0 N–H and O–H groups in total. The van der Waals surface area contributed by atoms with Crippen molar-refractivity contribution in [3.05, 3.63) is 0 Å². The molecular weight excluding hydrogens is 204 g/mol. The van der Waals surface area contributed by atoms with Crippen LogP contribution in [0.15, 0.2) is 0 Å². The predicted molar refractivity (Wildman–Crippen MR) is 61.2 cm³/mol. The molecule has 0 aromatic rings. The average molecular weight is 224 g/mol. The molecule has 0 aliphatic heterocycles. The van der Waals surface area contributed by atoms with Gasteiger partial charge in [-0.15, -0.1) is 0 Å². The molecule has 0 saturated heterocycles. The zero-order chi connectivity index (χ0) is 12.6. The molecule has 0 bridgehead atoms. The number of hydrogen-bond acceptors (Lipinski definition) is 4. The zero-order valence-corrected chi connectivity index (χ0v) is 10.2. The molecule has 0 amide bonds. The maximum atomic E-state index is 10.9. The first-order chi connectivity index (χ1) is 7.72. The van der Waals surface area contributed by atoms with Crippen LogP contribution in [0.25, 0.3) is 0 Å². The van der Waals surface area contributed by atoms with Gasteiger partial charge in [-0.3, -0.25) is 4.79 Å². The monoisotopic (exact) mass is 224 g/mol. The van der Waals surface area contributed by atoms with Gasteiger partial charge in [0, 0.05) is 6.42 Å². The van der Waals surface area contributed by atoms with Gasteiger partial charge in [-0.2, -0.15) is 10.5 Å². The number of nitrogens with zero attached hydrogens (tertiary/aromatic N) is 2. The summed E-state index contributed by atoms with van der Waals surface area (Å²) in [5.41, 5.74) is 0. The highest BCUT2D eigenvalue weighted by atomic mass is 16.5. The molecule has 0 unspecified atom stereocenters. The maximum absolute atomic E-state index is 10.9. The summed E-state index contributed by atoms with van der Waals surface area (Å²) in [4.78, 5) is 10.9. The van der Waals surface area contributed by atoms with Crippen LogP contribution in [0.1, 0.15) is 52.4 Å². The Morgan fingerprint density at radius 1 is 1.06 bits per heavy atom. The number of rotatable bonds is 7. The van der Waals surface area contributed by atoms with Crippen molar-refractivity contribution < 1.29 is 9.53 Å². The van der Waals surface area contributed by atoms with Crippen LogP contribution < -0.4 is 0 Å². The minimum atomic E-state index is -0.0472. The fraction of sp³-hybridized carbons (Fsp3) is 0.750. The van der Waals surface area contributed by atoms with E-state index in [1.54, 1.807) is 0 Å². The van der Waals surface area contributed by atoms with E-state index in [-0.39, 0.29) is 5.97 Å². The molecule has 4 heteroatoms. The number of carbonyl (C=O) groups excluding carboxylic acids is 1. The minimum absolute atomic E-state index is 0.0472. The van der Waals surface area contributed by atoms with Gasteiger partial charge in [-0.25, -0.2) is 0 Å². The number of unbranched alkanes of at least 4 members (excludes halogenated alkanes) is 3. The van der Waals surface area contributed by atoms with Crippen LogP contribution in [-0.2, 0) is 9.53 Å². The summed E-state index contributed by atoms with van der Waals surface area (Å²) in [6.45, 7) is 4.76. The van der Waals surface area contributed by atoms with E-state index in [1.165, 1.54) is 31.4 Å². The molecule has 0 aromatic heterocycles. The number of nitriles is 2. The molecular formula is C12H20N2O2. The van der Waals surface area contributed by atoms with Crippen LogP contribution in [0.3, 0.4) is 0 Å². The normalized spacial score (nSPS) is 8.00. The van der Waals surface area contributed by atoms with Crippen LogP contribution in [-0.4, -0.2) is 12.6 Å². The van der Waals surface area contributed by atoms with Crippen molar-refractivity contribution in [3.63, 3.8) is 0 Å². The van der Waals surface area contributed by atoms with E-state index < -0.39 is 0 Å². The molecule has 0 radical (unpaired) electrons. The third-order valence-corrected chi connectivity index (χ3v) is 1.77. The third kappa shape index (κ3) is 18.3. The molecule has 0 fully saturated rings. The lowest BCUT2D eigenvalue weighted by atomic mass is 10.2. The SMILES string of the molecule is CCCCCCOC(=O)CCC.N#CC#N. The first-order valence-corrected chi connectivity index (χ1v) is 5.66. The summed E-state index contributed by atoms with van der Waals surface area (Å²) in [6.07, 6.45) is 6.11. The molecule has 4 nitrogen and oxygen atoms in total. The fourth-order valence-corrected chi connectivity index (χ4v) is 0.991. The number of ether oxygens (including phenoxy) is 1. The number of esters is 1. The Bertz CT molecular complexity index is 226. The van der Waals surface area contributed by atoms with Crippen molar-refractivity contribution in [2.24, 2.45) is 0 Å². The summed E-state index contributed by atoms with van der Waals surface area (Å²) in [5, 5.41) is 14.5. The van der Waals surface area contributed by atoms with Gasteiger partial charge in [0.25, 0.3) is 0 Å². The fourth-order valence-electron chi connectivity index (χ4n) is 0.991. The second-order valence-electron chi connectivity index (χ2n) is 3.25. The van der Waals surface area contributed by atoms with E-state index in [9.17, 15) is 4.79 Å². The first kappa shape index (κ1) is 16.9. The minimum Gasteiger partial charge on any atom is -0.466 e. The summed E-state index contributed by atoms with van der Waals surface area (Å²) in [5.74, 6) is -0.0472. The number of carbonyl (C=O) groups is 1. The Kier molecular flexibility index (Phi) is 16.8. The highest BCUT2D eigenvalue weighted by molar-refractivity contribution is 5.69. The molecule has 0 aliphatic rings. The lowest BCUT2D eigenvalue weighted by Crippen LogP contribution is -2.04. The highest BCUT2D eigenvalue weighted by Crippen LogP contribution is 2.00. The largest absolute Gasteiger partial charge is 0.466 e. The summed E-state index contributed by atoms with van der Waals surface area (Å²) < 4.78 is 4.99. The van der Waals surface area contributed by atoms with Gasteiger partial charge in [0.2, 0.25) is 0 Å². The van der Waals surface area contributed by atoms with Crippen molar-refractivity contribution >= 4 is 5.97 Å². The molecule has 0 atom stereocenters. The summed E-state index contributed by atoms with van der Waals surface area (Å²) >= 11 is 0. The average Bonchev–Trinajstić information content (AvgIpc) is 2.29. The van der Waals surface area contributed by atoms with E-state index in [4.69, 9.17) is 15.3 Å². The number of hydrogen-bond donors (Lipinski definition) is 0. The van der Waals surface area contributed by atoms with Crippen molar-refractivity contribution in [2.75, 3.05) is 6.61 Å². The van der Waals surface area contributed by atoms with E-state index in [1.807, 2.05) is 6.92 Å². The Balaban J connectivity index is 0. The van der Waals surface area contributed by atoms with Gasteiger partial charge in [-0.1, -0.05) is 33.1 Å². The predicted octanol–water partition coefficient (Wildman–Crippen LogP) is 2.94. The third-order valence-electron chi connectivity index (χ3n) is 1.77. The Hall–Kier alpha value is -1.55. The lowest BCUT2D eigenvalue weighted by Gasteiger charge is -2.02. The van der Waals surface area contributed by atoms with E-state index in [2.05, 4.69) is 6.92 Å². The van der Waals surface area contributed by atoms with Crippen molar-refractivity contribution in [1.29, 1.82) is 10.5 Å². The van der Waals surface area contributed by atoms with Gasteiger partial charge < -0.3 is 4.74 Å². The zero-order valence-electron chi connectivity index (χ0n) is 10.2. The Labute approximate surface area is 97.8 Å².